The number of anilines is 1. The average molecular weight is 430 g/mol. The molecule has 0 spiro atoms. The Balaban J connectivity index is 2.42. The Morgan fingerprint density at radius 1 is 1.24 bits per heavy atom. The summed E-state index contributed by atoms with van der Waals surface area (Å²) in [7, 11) is 0. The molecule has 2 aromatic rings. The smallest absolute Gasteiger partial charge is 0.348 e. The predicted octanol–water partition coefficient (Wildman–Crippen LogP) is 3.15. The Morgan fingerprint density at radius 2 is 1.88 bits per heavy atom. The molecular formula is C15H16BrN3O5S. The zero-order chi connectivity index (χ0) is 18.6. The number of carbonyl (C=O) groups excluding carboxylic acids is 3. The van der Waals surface area contributed by atoms with E-state index in [-0.39, 0.29) is 34.3 Å². The highest BCUT2D eigenvalue weighted by molar-refractivity contribution is 9.10. The fraction of sp³-hybridized carbons (Fsp3) is 0.333. The minimum Gasteiger partial charge on any atom is -0.462 e. The molecule has 0 radical (unpaired) electrons. The van der Waals surface area contributed by atoms with E-state index in [4.69, 9.17) is 9.47 Å². The van der Waals surface area contributed by atoms with Crippen molar-refractivity contribution >= 4 is 50.1 Å². The molecule has 1 amide bonds. The topological polar surface area (TPSA) is 110 Å². The number of H-pyrrole nitrogens is 1. The second-order valence-electron chi connectivity index (χ2n) is 4.75. The average Bonchev–Trinajstić information content (AvgIpc) is 3.11. The summed E-state index contributed by atoms with van der Waals surface area (Å²) in [5.74, 6) is -1.68. The van der Waals surface area contributed by atoms with Gasteiger partial charge >= 0.3 is 11.9 Å². The minimum absolute atomic E-state index is 0.138. The Labute approximate surface area is 156 Å². The molecule has 2 aromatic heterocycles. The summed E-state index contributed by atoms with van der Waals surface area (Å²) in [5, 5.41) is 9.14. The van der Waals surface area contributed by atoms with Crippen LogP contribution >= 0.6 is 27.3 Å². The van der Waals surface area contributed by atoms with E-state index in [9.17, 15) is 14.4 Å². The van der Waals surface area contributed by atoms with E-state index >= 15 is 0 Å². The third-order valence-corrected chi connectivity index (χ3v) is 4.92. The lowest BCUT2D eigenvalue weighted by Crippen LogP contribution is -2.15. The standard InChI is InChI=1S/C15H16BrN3O5S/c1-4-23-14(21)9-7(3)11(15(22)24-5-2)25-13(9)18-12(20)10-8(16)6-17-19-10/h6H,4-5H2,1-3H3,(H,17,19)(H,18,20). The fourth-order valence-corrected chi connectivity index (χ4v) is 3.49. The summed E-state index contributed by atoms with van der Waals surface area (Å²) in [6.07, 6.45) is 1.44. The normalized spacial score (nSPS) is 10.4. The summed E-state index contributed by atoms with van der Waals surface area (Å²) in [4.78, 5) is 37.0. The van der Waals surface area contributed by atoms with Crippen molar-refractivity contribution in [2.45, 2.75) is 20.8 Å². The lowest BCUT2D eigenvalue weighted by atomic mass is 10.1. The first kappa shape index (κ1) is 19.1. The van der Waals surface area contributed by atoms with Gasteiger partial charge in [0.1, 0.15) is 15.6 Å². The van der Waals surface area contributed by atoms with Crippen molar-refractivity contribution in [1.29, 1.82) is 0 Å². The number of rotatable bonds is 6. The van der Waals surface area contributed by atoms with Gasteiger partial charge < -0.3 is 14.8 Å². The van der Waals surface area contributed by atoms with Crippen LogP contribution in [0, 0.1) is 6.92 Å². The number of thiophene rings is 1. The van der Waals surface area contributed by atoms with E-state index in [0.29, 0.717) is 10.0 Å². The molecule has 2 rings (SSSR count). The fourth-order valence-electron chi connectivity index (χ4n) is 2.04. The SMILES string of the molecule is CCOC(=O)c1sc(NC(=O)c2[nH]ncc2Br)c(C(=O)OCC)c1C. The highest BCUT2D eigenvalue weighted by atomic mass is 79.9. The number of nitrogens with zero attached hydrogens (tertiary/aromatic N) is 1. The Hall–Kier alpha value is -2.20. The molecule has 0 unspecified atom stereocenters. The maximum atomic E-state index is 12.4. The van der Waals surface area contributed by atoms with Gasteiger partial charge in [0.15, 0.2) is 0 Å². The summed E-state index contributed by atoms with van der Waals surface area (Å²) < 4.78 is 10.5. The molecule has 0 bridgehead atoms. The lowest BCUT2D eigenvalue weighted by Gasteiger charge is -2.06. The van der Waals surface area contributed by atoms with Gasteiger partial charge in [-0.2, -0.15) is 5.10 Å². The van der Waals surface area contributed by atoms with E-state index in [1.165, 1.54) is 6.20 Å². The van der Waals surface area contributed by atoms with Crippen molar-refractivity contribution < 1.29 is 23.9 Å². The molecule has 0 saturated carbocycles. The molecule has 0 fully saturated rings. The molecular weight excluding hydrogens is 414 g/mol. The maximum absolute atomic E-state index is 12.4. The molecule has 134 valence electrons. The van der Waals surface area contributed by atoms with Crippen LogP contribution < -0.4 is 5.32 Å². The molecule has 0 aromatic carbocycles. The van der Waals surface area contributed by atoms with Gasteiger partial charge in [0.25, 0.3) is 5.91 Å². The van der Waals surface area contributed by atoms with Crippen LogP contribution in [0.4, 0.5) is 5.00 Å². The van der Waals surface area contributed by atoms with Gasteiger partial charge in [0.2, 0.25) is 0 Å². The Bertz CT molecular complexity index is 814. The predicted molar refractivity (Wildman–Crippen MR) is 95.2 cm³/mol. The van der Waals surface area contributed by atoms with Gasteiger partial charge in [-0.1, -0.05) is 0 Å². The van der Waals surface area contributed by atoms with E-state index in [1.54, 1.807) is 20.8 Å². The minimum atomic E-state index is -0.620. The highest BCUT2D eigenvalue weighted by Crippen LogP contribution is 2.34. The van der Waals surface area contributed by atoms with Crippen LogP contribution in [-0.2, 0) is 9.47 Å². The molecule has 0 aliphatic rings. The number of halogens is 1. The third-order valence-electron chi connectivity index (χ3n) is 3.13. The summed E-state index contributed by atoms with van der Waals surface area (Å²) in [6, 6.07) is 0. The number of carbonyl (C=O) groups is 3. The molecule has 2 N–H and O–H groups in total. The van der Waals surface area contributed by atoms with E-state index < -0.39 is 17.8 Å². The van der Waals surface area contributed by atoms with Crippen LogP contribution in [0.3, 0.4) is 0 Å². The maximum Gasteiger partial charge on any atom is 0.348 e. The van der Waals surface area contributed by atoms with Gasteiger partial charge in [0.05, 0.1) is 29.4 Å². The van der Waals surface area contributed by atoms with Crippen molar-refractivity contribution in [1.82, 2.24) is 10.2 Å². The molecule has 0 atom stereocenters. The summed E-state index contributed by atoms with van der Waals surface area (Å²) in [6.45, 7) is 5.34. The van der Waals surface area contributed by atoms with Crippen molar-refractivity contribution in [2.75, 3.05) is 18.5 Å². The second kappa shape index (κ2) is 8.26. The second-order valence-corrected chi connectivity index (χ2v) is 6.62. The highest BCUT2D eigenvalue weighted by Gasteiger charge is 2.28. The molecule has 0 aliphatic carbocycles. The van der Waals surface area contributed by atoms with Crippen LogP contribution in [-0.4, -0.2) is 41.3 Å². The number of hydrogen-bond donors (Lipinski definition) is 2. The van der Waals surface area contributed by atoms with Crippen LogP contribution in [0.1, 0.15) is 49.9 Å². The first-order valence-corrected chi connectivity index (χ1v) is 8.99. The van der Waals surface area contributed by atoms with Crippen molar-refractivity contribution in [3.05, 3.63) is 32.4 Å². The largest absolute Gasteiger partial charge is 0.462 e. The van der Waals surface area contributed by atoms with E-state index in [2.05, 4.69) is 31.4 Å². The van der Waals surface area contributed by atoms with Crippen LogP contribution in [0.25, 0.3) is 0 Å². The monoisotopic (exact) mass is 429 g/mol. The van der Waals surface area contributed by atoms with Crippen LogP contribution in [0.15, 0.2) is 10.7 Å². The van der Waals surface area contributed by atoms with Crippen LogP contribution in [0.5, 0.6) is 0 Å². The van der Waals surface area contributed by atoms with E-state index in [0.717, 1.165) is 11.3 Å². The number of aromatic nitrogens is 2. The first-order valence-electron chi connectivity index (χ1n) is 7.38. The zero-order valence-corrected chi connectivity index (χ0v) is 16.2. The number of ether oxygens (including phenoxy) is 2. The number of aromatic amines is 1. The molecule has 2 heterocycles. The molecule has 0 aliphatic heterocycles. The van der Waals surface area contributed by atoms with Gasteiger partial charge in [-0.05, 0) is 42.3 Å². The van der Waals surface area contributed by atoms with Gasteiger partial charge in [-0.25, -0.2) is 9.59 Å². The number of hydrogen-bond acceptors (Lipinski definition) is 7. The molecule has 25 heavy (non-hydrogen) atoms. The molecule has 10 heteroatoms. The number of nitrogens with one attached hydrogen (secondary N) is 2. The quantitative estimate of drug-likeness (QED) is 0.682. The van der Waals surface area contributed by atoms with E-state index in [1.807, 2.05) is 0 Å². The summed E-state index contributed by atoms with van der Waals surface area (Å²) >= 11 is 4.16. The lowest BCUT2D eigenvalue weighted by molar-refractivity contribution is 0.0527. The third kappa shape index (κ3) is 4.07. The van der Waals surface area contributed by atoms with Crippen molar-refractivity contribution in [3.8, 4) is 0 Å². The number of esters is 2. The zero-order valence-electron chi connectivity index (χ0n) is 13.8. The van der Waals surface area contributed by atoms with Gasteiger partial charge in [-0.3, -0.25) is 9.89 Å². The van der Waals surface area contributed by atoms with Crippen LogP contribution in [0.2, 0.25) is 0 Å². The first-order chi connectivity index (χ1) is 11.9. The molecule has 0 saturated heterocycles. The number of amides is 1. The van der Waals surface area contributed by atoms with Crippen molar-refractivity contribution in [2.24, 2.45) is 0 Å². The van der Waals surface area contributed by atoms with Crippen molar-refractivity contribution in [3.63, 3.8) is 0 Å². The Kier molecular flexibility index (Phi) is 6.32. The van der Waals surface area contributed by atoms with Gasteiger partial charge in [-0.15, -0.1) is 11.3 Å². The Morgan fingerprint density at radius 3 is 2.44 bits per heavy atom. The summed E-state index contributed by atoms with van der Waals surface area (Å²) in [5.41, 5.74) is 0.735. The van der Waals surface area contributed by atoms with Gasteiger partial charge in [0, 0.05) is 0 Å². The molecule has 8 nitrogen and oxygen atoms in total.